The number of nitrogens with one attached hydrogen (secondary N) is 1. The molecule has 0 aromatic rings. The molecular weight excluding hydrogens is 847 g/mol. The second-order valence-corrected chi connectivity index (χ2v) is 18.3. The Bertz CT molecular complexity index is 1360. The van der Waals surface area contributed by atoms with Gasteiger partial charge in [0.2, 0.25) is 5.91 Å². The van der Waals surface area contributed by atoms with Crippen molar-refractivity contribution in [3.63, 3.8) is 0 Å². The fourth-order valence-corrected chi connectivity index (χ4v) is 7.89. The number of amides is 1. The summed E-state index contributed by atoms with van der Waals surface area (Å²) in [6, 6.07) is -1.03. The lowest BCUT2D eigenvalue weighted by Crippen LogP contribution is -2.61. The van der Waals surface area contributed by atoms with Gasteiger partial charge in [-0.1, -0.05) is 203 Å². The molecule has 1 rings (SSSR count). The van der Waals surface area contributed by atoms with Gasteiger partial charge in [-0.15, -0.1) is 0 Å². The number of hydrogen-bond donors (Lipinski definition) is 6. The first-order valence-corrected chi connectivity index (χ1v) is 26.8. The van der Waals surface area contributed by atoms with Crippen molar-refractivity contribution in [2.24, 2.45) is 0 Å². The van der Waals surface area contributed by atoms with E-state index >= 15 is 0 Å². The Kier molecular flexibility index (Phi) is 41.1. The van der Waals surface area contributed by atoms with Crippen molar-refractivity contribution in [2.75, 3.05) is 13.2 Å². The van der Waals surface area contributed by atoms with Crippen molar-refractivity contribution < 1.29 is 49.3 Å². The molecule has 0 radical (unpaired) electrons. The highest BCUT2D eigenvalue weighted by molar-refractivity contribution is 5.80. The van der Waals surface area contributed by atoms with Gasteiger partial charge in [0.05, 0.1) is 25.4 Å². The molecule has 8 unspecified atom stereocenters. The Labute approximate surface area is 407 Å². The molecule has 1 aliphatic heterocycles. The van der Waals surface area contributed by atoms with Gasteiger partial charge in [-0.2, -0.15) is 0 Å². The normalized spacial score (nSPS) is 20.6. The van der Waals surface area contributed by atoms with Gasteiger partial charge in [-0.3, -0.25) is 9.59 Å². The Morgan fingerprint density at radius 3 is 1.67 bits per heavy atom. The minimum Gasteiger partial charge on any atom is -0.454 e. The molecule has 0 aliphatic carbocycles. The number of carbonyl (C=O) groups is 2. The number of carbonyl (C=O) groups excluding carboxylic acids is 2. The molecule has 67 heavy (non-hydrogen) atoms. The first kappa shape index (κ1) is 62.1. The van der Waals surface area contributed by atoms with Crippen LogP contribution in [0.15, 0.2) is 72.9 Å². The molecule has 0 spiro atoms. The zero-order chi connectivity index (χ0) is 49.0. The maximum atomic E-state index is 13.3. The van der Waals surface area contributed by atoms with Gasteiger partial charge in [0.25, 0.3) is 0 Å². The van der Waals surface area contributed by atoms with Gasteiger partial charge in [-0.05, 0) is 70.6 Å². The van der Waals surface area contributed by atoms with E-state index in [2.05, 4.69) is 50.4 Å². The smallest absolute Gasteiger partial charge is 0.306 e. The number of allylic oxidation sites excluding steroid dienone is 11. The number of rotatable bonds is 43. The topological polar surface area (TPSA) is 175 Å². The van der Waals surface area contributed by atoms with Crippen LogP contribution in [0.4, 0.5) is 0 Å². The number of esters is 1. The van der Waals surface area contributed by atoms with E-state index in [0.29, 0.717) is 12.8 Å². The average molecular weight is 944 g/mol. The summed E-state index contributed by atoms with van der Waals surface area (Å²) in [6.45, 7) is 5.56. The van der Waals surface area contributed by atoms with E-state index < -0.39 is 67.4 Å². The molecule has 0 bridgehead atoms. The number of hydrogen-bond acceptors (Lipinski definition) is 10. The van der Waals surface area contributed by atoms with Crippen LogP contribution in [0, 0.1) is 0 Å². The molecule has 0 aromatic heterocycles. The van der Waals surface area contributed by atoms with Crippen LogP contribution in [0.3, 0.4) is 0 Å². The van der Waals surface area contributed by atoms with E-state index in [1.54, 1.807) is 6.08 Å². The summed E-state index contributed by atoms with van der Waals surface area (Å²) in [5, 5.41) is 56.6. The minimum absolute atomic E-state index is 0.0745. The molecule has 1 saturated heterocycles. The molecule has 6 N–H and O–H groups in total. The summed E-state index contributed by atoms with van der Waals surface area (Å²) in [5.74, 6) is -1.25. The van der Waals surface area contributed by atoms with E-state index in [9.17, 15) is 35.1 Å². The van der Waals surface area contributed by atoms with E-state index in [1.165, 1.54) is 77.0 Å². The molecular formula is C56H97NO10. The number of ether oxygens (including phenoxy) is 3. The fourth-order valence-electron chi connectivity index (χ4n) is 7.89. The highest BCUT2D eigenvalue weighted by Crippen LogP contribution is 2.26. The van der Waals surface area contributed by atoms with Crippen molar-refractivity contribution in [1.29, 1.82) is 0 Å². The third-order valence-electron chi connectivity index (χ3n) is 12.2. The Morgan fingerprint density at radius 2 is 1.09 bits per heavy atom. The van der Waals surface area contributed by atoms with Crippen LogP contribution in [0.2, 0.25) is 0 Å². The molecule has 1 amide bonds. The van der Waals surface area contributed by atoms with Crippen LogP contribution >= 0.6 is 0 Å². The summed E-state index contributed by atoms with van der Waals surface area (Å²) in [5.41, 5.74) is 0. The van der Waals surface area contributed by atoms with Crippen LogP contribution in [-0.2, 0) is 23.8 Å². The third-order valence-corrected chi connectivity index (χ3v) is 12.2. The van der Waals surface area contributed by atoms with Crippen LogP contribution < -0.4 is 5.32 Å². The maximum absolute atomic E-state index is 13.3. The van der Waals surface area contributed by atoms with E-state index in [1.807, 2.05) is 42.5 Å². The predicted molar refractivity (Wildman–Crippen MR) is 273 cm³/mol. The maximum Gasteiger partial charge on any atom is 0.306 e. The van der Waals surface area contributed by atoms with Crippen LogP contribution in [-0.4, -0.2) is 99.6 Å². The van der Waals surface area contributed by atoms with Crippen molar-refractivity contribution in [3.05, 3.63) is 72.9 Å². The zero-order valence-electron chi connectivity index (χ0n) is 42.2. The second-order valence-electron chi connectivity index (χ2n) is 18.3. The molecule has 11 heteroatoms. The summed E-state index contributed by atoms with van der Waals surface area (Å²) >= 11 is 0. The fraction of sp³-hybridized carbons (Fsp3) is 0.750. The lowest BCUT2D eigenvalue weighted by molar-refractivity contribution is -0.305. The van der Waals surface area contributed by atoms with Crippen LogP contribution in [0.5, 0.6) is 0 Å². The Morgan fingerprint density at radius 1 is 0.597 bits per heavy atom. The molecule has 1 aliphatic rings. The molecule has 8 atom stereocenters. The minimum atomic E-state index is -1.63. The quantitative estimate of drug-likeness (QED) is 0.0149. The molecule has 1 fully saturated rings. The first-order valence-electron chi connectivity index (χ1n) is 26.8. The lowest BCUT2D eigenvalue weighted by Gasteiger charge is -2.41. The van der Waals surface area contributed by atoms with Crippen molar-refractivity contribution in [1.82, 2.24) is 5.32 Å². The van der Waals surface area contributed by atoms with Gasteiger partial charge >= 0.3 is 5.97 Å². The van der Waals surface area contributed by atoms with Gasteiger partial charge in [0.15, 0.2) is 12.4 Å². The third kappa shape index (κ3) is 33.3. The summed E-state index contributed by atoms with van der Waals surface area (Å²) < 4.78 is 17.5. The second kappa shape index (κ2) is 44.3. The summed E-state index contributed by atoms with van der Waals surface area (Å²) in [4.78, 5) is 26.3. The van der Waals surface area contributed by atoms with E-state index in [0.717, 1.165) is 83.5 Å². The van der Waals surface area contributed by atoms with Gasteiger partial charge in [-0.25, -0.2) is 0 Å². The molecule has 1 heterocycles. The van der Waals surface area contributed by atoms with E-state index in [-0.39, 0.29) is 19.4 Å². The lowest BCUT2D eigenvalue weighted by atomic mass is 9.99. The zero-order valence-corrected chi connectivity index (χ0v) is 42.2. The van der Waals surface area contributed by atoms with Crippen molar-refractivity contribution >= 4 is 11.9 Å². The summed E-state index contributed by atoms with van der Waals surface area (Å²) in [6.07, 6.45) is 43.8. The molecule has 0 saturated carbocycles. The first-order chi connectivity index (χ1) is 32.7. The summed E-state index contributed by atoms with van der Waals surface area (Å²) in [7, 11) is 0. The van der Waals surface area contributed by atoms with E-state index in [4.69, 9.17) is 14.2 Å². The Balaban J connectivity index is 2.80. The Hall–Kier alpha value is -2.90. The van der Waals surface area contributed by atoms with Crippen LogP contribution in [0.25, 0.3) is 0 Å². The molecule has 11 nitrogen and oxygen atoms in total. The van der Waals surface area contributed by atoms with Gasteiger partial charge in [0.1, 0.15) is 24.4 Å². The largest absolute Gasteiger partial charge is 0.454 e. The van der Waals surface area contributed by atoms with Crippen molar-refractivity contribution in [2.45, 2.75) is 256 Å². The number of unbranched alkanes of at least 4 members (excludes halogenated alkanes) is 22. The molecule has 0 aromatic carbocycles. The van der Waals surface area contributed by atoms with Crippen LogP contribution in [0.1, 0.15) is 207 Å². The van der Waals surface area contributed by atoms with Gasteiger partial charge in [0, 0.05) is 6.42 Å². The van der Waals surface area contributed by atoms with Gasteiger partial charge < -0.3 is 45.1 Å². The highest BCUT2D eigenvalue weighted by Gasteiger charge is 2.47. The average Bonchev–Trinajstić information content (AvgIpc) is 3.32. The predicted octanol–water partition coefficient (Wildman–Crippen LogP) is 11.3. The monoisotopic (exact) mass is 944 g/mol. The number of aliphatic hydroxyl groups is 5. The van der Waals surface area contributed by atoms with Crippen molar-refractivity contribution in [3.8, 4) is 0 Å². The standard InChI is InChI=1S/C56H97NO10/c1-4-7-10-13-16-19-22-24-26-28-31-34-37-40-43-49(60)55(64)57-47(48(59)42-39-36-33-30-27-21-18-15-12-9-6-3)46-65-56-54(53(63)52(62)50(45-58)66-56)67-51(61)44-41-38-35-32-29-25-23-20-17-14-11-8-5-2/h8,11,14,17,19-20,22-23,25,29,39,42,47-50,52-54,56,58-60,62-63H,4-7,9-10,12-13,15-16,18,21,24,26-28,30-38,40-41,43-46H2,1-3H3,(H,57,64)/b11-8+,17-14+,22-19-,23-20-,29-25-,42-39+. The highest BCUT2D eigenvalue weighted by atomic mass is 16.7. The number of aliphatic hydroxyl groups excluding tert-OH is 5. The SMILES string of the molecule is CC/C=C/C=C/C=C\C=C/CCCCCC(=O)OC1C(OCC(NC(=O)C(O)CCCCCCCC/C=C\CCCCCC)C(O)/C=C/CCCCCCCCCCC)OC(CO)C(O)C1O. The molecule has 386 valence electrons.